The van der Waals surface area contributed by atoms with Crippen LogP contribution in [-0.2, 0) is 0 Å². The standard InChI is InChI=1S/C14H10ClN3O2S/c1-20-11-6-5-10-13(17-11)21-14(16-10)18-12(19)8-3-2-4-9(15)7-8/h2-7H,1H3,(H,16,18,19). The molecule has 0 aliphatic heterocycles. The van der Waals surface area contributed by atoms with Crippen molar-refractivity contribution in [3.8, 4) is 5.88 Å². The van der Waals surface area contributed by atoms with Gasteiger partial charge in [0.05, 0.1) is 7.11 Å². The number of pyridine rings is 1. The second-order valence-electron chi connectivity index (χ2n) is 4.16. The molecule has 3 aromatic rings. The lowest BCUT2D eigenvalue weighted by atomic mass is 10.2. The van der Waals surface area contributed by atoms with E-state index in [-0.39, 0.29) is 5.91 Å². The van der Waals surface area contributed by atoms with Gasteiger partial charge in [-0.2, -0.15) is 0 Å². The van der Waals surface area contributed by atoms with Gasteiger partial charge in [0.2, 0.25) is 5.88 Å². The van der Waals surface area contributed by atoms with Gasteiger partial charge in [-0.25, -0.2) is 9.97 Å². The molecular formula is C14H10ClN3O2S. The van der Waals surface area contributed by atoms with Crippen molar-refractivity contribution in [1.82, 2.24) is 9.97 Å². The maximum Gasteiger partial charge on any atom is 0.257 e. The number of carbonyl (C=O) groups excluding carboxylic acids is 1. The van der Waals surface area contributed by atoms with Gasteiger partial charge in [-0.15, -0.1) is 0 Å². The highest BCUT2D eigenvalue weighted by Crippen LogP contribution is 2.26. The van der Waals surface area contributed by atoms with Crippen LogP contribution in [0, 0.1) is 0 Å². The molecule has 2 aromatic heterocycles. The van der Waals surface area contributed by atoms with Gasteiger partial charge in [0.25, 0.3) is 5.91 Å². The quantitative estimate of drug-likeness (QED) is 0.801. The number of rotatable bonds is 3. The molecule has 106 valence electrons. The molecule has 1 amide bonds. The zero-order chi connectivity index (χ0) is 14.8. The Labute approximate surface area is 129 Å². The summed E-state index contributed by atoms with van der Waals surface area (Å²) in [5, 5.41) is 3.74. The Bertz CT molecular complexity index is 819. The molecule has 21 heavy (non-hydrogen) atoms. The highest BCUT2D eigenvalue weighted by molar-refractivity contribution is 7.22. The predicted octanol–water partition coefficient (Wildman–Crippen LogP) is 3.61. The Morgan fingerprint density at radius 1 is 1.29 bits per heavy atom. The third-order valence-electron chi connectivity index (χ3n) is 2.75. The third-order valence-corrected chi connectivity index (χ3v) is 3.86. The van der Waals surface area contributed by atoms with E-state index in [4.69, 9.17) is 16.3 Å². The third kappa shape index (κ3) is 2.96. The summed E-state index contributed by atoms with van der Waals surface area (Å²) in [4.78, 5) is 21.4. The fourth-order valence-corrected chi connectivity index (χ4v) is 2.78. The minimum Gasteiger partial charge on any atom is -0.481 e. The average molecular weight is 320 g/mol. The molecule has 3 rings (SSSR count). The number of amides is 1. The maximum absolute atomic E-state index is 12.1. The topological polar surface area (TPSA) is 64.1 Å². The van der Waals surface area contributed by atoms with E-state index in [1.165, 1.54) is 11.3 Å². The lowest BCUT2D eigenvalue weighted by molar-refractivity contribution is 0.102. The van der Waals surface area contributed by atoms with Crippen LogP contribution < -0.4 is 10.1 Å². The van der Waals surface area contributed by atoms with E-state index < -0.39 is 0 Å². The van der Waals surface area contributed by atoms with E-state index in [1.807, 2.05) is 0 Å². The second kappa shape index (κ2) is 5.67. The largest absolute Gasteiger partial charge is 0.481 e. The van der Waals surface area contributed by atoms with Crippen molar-refractivity contribution in [2.45, 2.75) is 0 Å². The Balaban J connectivity index is 1.86. The van der Waals surface area contributed by atoms with Gasteiger partial charge >= 0.3 is 0 Å². The first-order valence-electron chi connectivity index (χ1n) is 6.04. The van der Waals surface area contributed by atoms with Gasteiger partial charge in [-0.3, -0.25) is 10.1 Å². The van der Waals surface area contributed by atoms with Crippen molar-refractivity contribution in [2.75, 3.05) is 12.4 Å². The molecule has 5 nitrogen and oxygen atoms in total. The summed E-state index contributed by atoms with van der Waals surface area (Å²) in [6.45, 7) is 0. The highest BCUT2D eigenvalue weighted by Gasteiger charge is 2.11. The summed E-state index contributed by atoms with van der Waals surface area (Å²) in [7, 11) is 1.55. The molecule has 0 fully saturated rings. The van der Waals surface area contributed by atoms with E-state index in [2.05, 4.69) is 15.3 Å². The van der Waals surface area contributed by atoms with Gasteiger partial charge in [0, 0.05) is 16.7 Å². The van der Waals surface area contributed by atoms with Crippen LogP contribution in [-0.4, -0.2) is 23.0 Å². The first-order valence-corrected chi connectivity index (χ1v) is 7.23. The number of fused-ring (bicyclic) bond motifs is 1. The van der Waals surface area contributed by atoms with Crippen LogP contribution in [0.15, 0.2) is 36.4 Å². The number of carbonyl (C=O) groups is 1. The Morgan fingerprint density at radius 2 is 2.14 bits per heavy atom. The number of hydrogen-bond donors (Lipinski definition) is 1. The Morgan fingerprint density at radius 3 is 2.90 bits per heavy atom. The lowest BCUT2D eigenvalue weighted by Crippen LogP contribution is -2.11. The van der Waals surface area contributed by atoms with E-state index in [0.717, 1.165) is 0 Å². The van der Waals surface area contributed by atoms with Crippen molar-refractivity contribution in [2.24, 2.45) is 0 Å². The summed E-state index contributed by atoms with van der Waals surface area (Å²) in [5.74, 6) is 0.252. The normalized spacial score (nSPS) is 10.6. The molecule has 0 aliphatic rings. The molecule has 0 spiro atoms. The molecule has 2 heterocycles. The number of anilines is 1. The van der Waals surface area contributed by atoms with Crippen LogP contribution in [0.2, 0.25) is 5.02 Å². The number of nitrogens with zero attached hydrogens (tertiary/aromatic N) is 2. The molecule has 0 saturated heterocycles. The van der Waals surface area contributed by atoms with E-state index in [1.54, 1.807) is 43.5 Å². The number of nitrogens with one attached hydrogen (secondary N) is 1. The number of methoxy groups -OCH3 is 1. The first kappa shape index (κ1) is 13.8. The fourth-order valence-electron chi connectivity index (χ4n) is 1.77. The lowest BCUT2D eigenvalue weighted by Gasteiger charge is -2.01. The molecule has 0 saturated carbocycles. The van der Waals surface area contributed by atoms with E-state index >= 15 is 0 Å². The predicted molar refractivity (Wildman–Crippen MR) is 83.4 cm³/mol. The fraction of sp³-hybridized carbons (Fsp3) is 0.0714. The average Bonchev–Trinajstić information content (AvgIpc) is 2.88. The summed E-state index contributed by atoms with van der Waals surface area (Å²) < 4.78 is 5.06. The van der Waals surface area contributed by atoms with Crippen molar-refractivity contribution in [3.63, 3.8) is 0 Å². The van der Waals surface area contributed by atoms with Gasteiger partial charge in [-0.05, 0) is 24.3 Å². The number of halogens is 1. The van der Waals surface area contributed by atoms with Crippen LogP contribution in [0.3, 0.4) is 0 Å². The number of hydrogen-bond acceptors (Lipinski definition) is 5. The zero-order valence-electron chi connectivity index (χ0n) is 11.0. The van der Waals surface area contributed by atoms with Gasteiger partial charge in [0.15, 0.2) is 5.13 Å². The Kier molecular flexibility index (Phi) is 3.72. The van der Waals surface area contributed by atoms with Crippen molar-refractivity contribution >= 4 is 44.3 Å². The van der Waals surface area contributed by atoms with Crippen LogP contribution in [0.5, 0.6) is 5.88 Å². The van der Waals surface area contributed by atoms with Crippen LogP contribution in [0.1, 0.15) is 10.4 Å². The molecule has 1 N–H and O–H groups in total. The highest BCUT2D eigenvalue weighted by atomic mass is 35.5. The zero-order valence-corrected chi connectivity index (χ0v) is 12.5. The monoisotopic (exact) mass is 319 g/mol. The van der Waals surface area contributed by atoms with Crippen LogP contribution >= 0.6 is 22.9 Å². The minimum atomic E-state index is -0.261. The molecule has 0 bridgehead atoms. The molecule has 0 atom stereocenters. The summed E-state index contributed by atoms with van der Waals surface area (Å²) in [5.41, 5.74) is 1.19. The van der Waals surface area contributed by atoms with Crippen LogP contribution in [0.4, 0.5) is 5.13 Å². The molecule has 1 aromatic carbocycles. The molecule has 7 heteroatoms. The number of thiazole rings is 1. The molecule has 0 radical (unpaired) electrons. The van der Waals surface area contributed by atoms with Crippen molar-refractivity contribution in [1.29, 1.82) is 0 Å². The Hall–Kier alpha value is -2.18. The van der Waals surface area contributed by atoms with E-state index in [0.29, 0.717) is 31.9 Å². The van der Waals surface area contributed by atoms with Crippen LogP contribution in [0.25, 0.3) is 10.3 Å². The summed E-state index contributed by atoms with van der Waals surface area (Å²) in [6, 6.07) is 10.3. The second-order valence-corrected chi connectivity index (χ2v) is 5.58. The SMILES string of the molecule is COc1ccc2nc(NC(=O)c3cccc(Cl)c3)sc2n1. The number of aromatic nitrogens is 2. The number of ether oxygens (including phenoxy) is 1. The van der Waals surface area contributed by atoms with E-state index in [9.17, 15) is 4.79 Å². The van der Waals surface area contributed by atoms with Gasteiger partial charge in [0.1, 0.15) is 10.3 Å². The van der Waals surface area contributed by atoms with Crippen molar-refractivity contribution in [3.05, 3.63) is 47.0 Å². The van der Waals surface area contributed by atoms with Gasteiger partial charge < -0.3 is 4.74 Å². The molecule has 0 aliphatic carbocycles. The first-order chi connectivity index (χ1) is 10.2. The summed E-state index contributed by atoms with van der Waals surface area (Å²) in [6.07, 6.45) is 0. The van der Waals surface area contributed by atoms with Gasteiger partial charge in [-0.1, -0.05) is 29.0 Å². The number of benzene rings is 1. The summed E-state index contributed by atoms with van der Waals surface area (Å²) >= 11 is 7.16. The smallest absolute Gasteiger partial charge is 0.257 e. The minimum absolute atomic E-state index is 0.261. The molecular weight excluding hydrogens is 310 g/mol. The van der Waals surface area contributed by atoms with Crippen molar-refractivity contribution < 1.29 is 9.53 Å². The maximum atomic E-state index is 12.1. The molecule has 0 unspecified atom stereocenters.